The predicted octanol–water partition coefficient (Wildman–Crippen LogP) is 6.13. The number of likely N-dealkylation sites (tertiary alicyclic amines) is 1. The quantitative estimate of drug-likeness (QED) is 0.274. The molecule has 0 bridgehead atoms. The molecule has 0 aromatic heterocycles. The molecule has 14 atom stereocenters. The zero-order chi connectivity index (χ0) is 37.8. The minimum atomic E-state index is -1.01. The van der Waals surface area contributed by atoms with Gasteiger partial charge in [-0.3, -0.25) is 4.90 Å². The second kappa shape index (κ2) is 13.9. The Hall–Kier alpha value is -0.360. The van der Waals surface area contributed by atoms with Crippen molar-refractivity contribution in [1.29, 1.82) is 0 Å². The SMILES string of the molecule is CCO[C@@H]([C@H]1C[C@@H](C)[C@H]2[C@H](O1)[C@H](O)[C@@]1(C)[C@@H]3CC[C@H]4C(C)(C)[C@@H](O[C@H]5CN(C6CCN(CCOC)CC6)CCO5)CC[C@@]45C[C@@]35CC[C@]21C)C(C)(C)O. The first-order chi connectivity index (χ1) is 25.1. The van der Waals surface area contributed by atoms with E-state index in [1.54, 1.807) is 7.11 Å². The first kappa shape index (κ1) is 39.5. The van der Waals surface area contributed by atoms with E-state index in [1.807, 2.05) is 20.8 Å². The molecule has 0 aromatic rings. The molecular formula is C44H76N2O7. The zero-order valence-electron chi connectivity index (χ0n) is 34.9. The van der Waals surface area contributed by atoms with E-state index in [0.29, 0.717) is 47.2 Å². The average Bonchev–Trinajstić information content (AvgIpc) is 3.75. The van der Waals surface area contributed by atoms with Crippen LogP contribution in [0.25, 0.3) is 0 Å². The van der Waals surface area contributed by atoms with E-state index in [-0.39, 0.29) is 40.8 Å². The van der Waals surface area contributed by atoms with Gasteiger partial charge in [-0.05, 0) is 143 Å². The van der Waals surface area contributed by atoms with E-state index >= 15 is 0 Å². The summed E-state index contributed by atoms with van der Waals surface area (Å²) in [5.74, 6) is 1.84. The molecular weight excluding hydrogens is 668 g/mol. The van der Waals surface area contributed by atoms with E-state index in [9.17, 15) is 10.2 Å². The summed E-state index contributed by atoms with van der Waals surface area (Å²) in [5, 5.41) is 23.8. The summed E-state index contributed by atoms with van der Waals surface area (Å²) in [7, 11) is 1.80. The van der Waals surface area contributed by atoms with Crippen molar-refractivity contribution in [2.24, 2.45) is 50.7 Å². The summed E-state index contributed by atoms with van der Waals surface area (Å²) in [6, 6.07) is 0.619. The lowest BCUT2D eigenvalue weighted by atomic mass is 9.41. The fourth-order valence-corrected chi connectivity index (χ4v) is 15.7. The number of hydrogen-bond donors (Lipinski definition) is 2. The molecule has 0 aromatic carbocycles. The maximum Gasteiger partial charge on any atom is 0.170 e. The van der Waals surface area contributed by atoms with Gasteiger partial charge >= 0.3 is 0 Å². The smallest absolute Gasteiger partial charge is 0.170 e. The normalized spacial score (nSPS) is 49.3. The van der Waals surface area contributed by atoms with Gasteiger partial charge in [0.05, 0.1) is 43.2 Å². The van der Waals surface area contributed by atoms with Crippen LogP contribution in [-0.4, -0.2) is 128 Å². The molecule has 0 radical (unpaired) electrons. The molecule has 9 nitrogen and oxygen atoms in total. The van der Waals surface area contributed by atoms with Crippen LogP contribution in [0.2, 0.25) is 0 Å². The van der Waals surface area contributed by atoms with Crippen LogP contribution in [0.4, 0.5) is 0 Å². The van der Waals surface area contributed by atoms with Crippen molar-refractivity contribution in [2.75, 3.05) is 59.7 Å². The fraction of sp³-hybridized carbons (Fsp3) is 1.00. The number of hydrogen-bond acceptors (Lipinski definition) is 9. The molecule has 8 rings (SSSR count). The zero-order valence-corrected chi connectivity index (χ0v) is 34.9. The lowest BCUT2D eigenvalue weighted by Crippen LogP contribution is -2.60. The predicted molar refractivity (Wildman–Crippen MR) is 205 cm³/mol. The topological polar surface area (TPSA) is 93.1 Å². The van der Waals surface area contributed by atoms with Crippen LogP contribution in [0, 0.1) is 50.7 Å². The summed E-state index contributed by atoms with van der Waals surface area (Å²) in [6.45, 7) is 25.4. The monoisotopic (exact) mass is 745 g/mol. The third-order valence-electron chi connectivity index (χ3n) is 18.2. The average molecular weight is 745 g/mol. The molecule has 9 heteroatoms. The first-order valence-corrected chi connectivity index (χ1v) is 22.0. The third kappa shape index (κ3) is 5.92. The number of aliphatic hydroxyl groups excluding tert-OH is 1. The number of nitrogens with zero attached hydrogens (tertiary/aromatic N) is 2. The molecule has 304 valence electrons. The van der Waals surface area contributed by atoms with Crippen molar-refractivity contribution in [2.45, 2.75) is 168 Å². The minimum absolute atomic E-state index is 0.0183. The summed E-state index contributed by atoms with van der Waals surface area (Å²) < 4.78 is 31.9. The molecule has 8 fully saturated rings. The standard InChI is InChI=1S/C44H76N2O7/c1-10-50-38(40(5,6)48)30-25-28(2)35-36(52-30)37(47)42(8)32-12-11-31-39(3,4)33(13-16-43(31)27-44(32,43)18-17-41(35,42)7)53-34-26-46(22-24-51-34)29-14-19-45(20-15-29)21-23-49-9/h28-38,47-48H,10-27H2,1-9H3/t28-,30-,31+,32+,33+,34+,35+,36+,37+,38+,41-,42-,43-,44+/m1/s1. The lowest BCUT2D eigenvalue weighted by Gasteiger charge is -2.64. The Labute approximate surface area is 321 Å². The van der Waals surface area contributed by atoms with Crippen LogP contribution >= 0.6 is 0 Å². The van der Waals surface area contributed by atoms with Crippen molar-refractivity contribution in [3.63, 3.8) is 0 Å². The Kier molecular flexibility index (Phi) is 10.3. The summed E-state index contributed by atoms with van der Waals surface area (Å²) in [5.41, 5.74) is -0.468. The molecule has 2 N–H and O–H groups in total. The molecule has 3 saturated heterocycles. The molecule has 5 saturated carbocycles. The van der Waals surface area contributed by atoms with E-state index < -0.39 is 17.8 Å². The second-order valence-corrected chi connectivity index (χ2v) is 21.1. The summed E-state index contributed by atoms with van der Waals surface area (Å²) >= 11 is 0. The number of fused-ring (bicyclic) bond motifs is 4. The molecule has 0 amide bonds. The molecule has 0 unspecified atom stereocenters. The number of rotatable bonds is 10. The van der Waals surface area contributed by atoms with Crippen molar-refractivity contribution in [3.05, 3.63) is 0 Å². The van der Waals surface area contributed by atoms with Crippen LogP contribution in [0.15, 0.2) is 0 Å². The first-order valence-electron chi connectivity index (χ1n) is 22.0. The largest absolute Gasteiger partial charge is 0.390 e. The molecule has 3 aliphatic heterocycles. The van der Waals surface area contributed by atoms with E-state index in [0.717, 1.165) is 58.8 Å². The Balaban J connectivity index is 0.959. The highest BCUT2D eigenvalue weighted by atomic mass is 16.7. The maximum atomic E-state index is 12.7. The van der Waals surface area contributed by atoms with Crippen LogP contribution < -0.4 is 0 Å². The van der Waals surface area contributed by atoms with Gasteiger partial charge in [-0.25, -0.2) is 0 Å². The number of methoxy groups -OCH3 is 1. The molecule has 8 aliphatic rings. The number of aliphatic hydroxyl groups is 2. The molecule has 2 spiro atoms. The maximum absolute atomic E-state index is 12.7. The molecule has 3 heterocycles. The van der Waals surface area contributed by atoms with Crippen LogP contribution in [-0.2, 0) is 23.7 Å². The van der Waals surface area contributed by atoms with Crippen LogP contribution in [0.5, 0.6) is 0 Å². The third-order valence-corrected chi connectivity index (χ3v) is 18.2. The van der Waals surface area contributed by atoms with Crippen molar-refractivity contribution >= 4 is 0 Å². The highest BCUT2D eigenvalue weighted by molar-refractivity contribution is 5.33. The van der Waals surface area contributed by atoms with E-state index in [1.165, 1.54) is 51.4 Å². The van der Waals surface area contributed by atoms with Gasteiger partial charge in [0.2, 0.25) is 0 Å². The summed E-state index contributed by atoms with van der Waals surface area (Å²) in [6.07, 6.45) is 10.5. The van der Waals surface area contributed by atoms with Gasteiger partial charge in [0.15, 0.2) is 6.29 Å². The Morgan fingerprint density at radius 1 is 0.943 bits per heavy atom. The van der Waals surface area contributed by atoms with Crippen LogP contribution in [0.3, 0.4) is 0 Å². The van der Waals surface area contributed by atoms with Gasteiger partial charge in [-0.1, -0.05) is 34.6 Å². The van der Waals surface area contributed by atoms with Crippen LogP contribution in [0.1, 0.15) is 120 Å². The van der Waals surface area contributed by atoms with Gasteiger partial charge < -0.3 is 38.8 Å². The molecule has 53 heavy (non-hydrogen) atoms. The van der Waals surface area contributed by atoms with Crippen molar-refractivity contribution in [1.82, 2.24) is 9.80 Å². The number of morpholine rings is 1. The summed E-state index contributed by atoms with van der Waals surface area (Å²) in [4.78, 5) is 5.21. The number of piperidine rings is 1. The minimum Gasteiger partial charge on any atom is -0.390 e. The number of ether oxygens (including phenoxy) is 5. The van der Waals surface area contributed by atoms with Crippen molar-refractivity contribution < 1.29 is 33.9 Å². The molecule has 5 aliphatic carbocycles. The lowest BCUT2D eigenvalue weighted by molar-refractivity contribution is -0.251. The van der Waals surface area contributed by atoms with Gasteiger partial charge in [0, 0.05) is 44.8 Å². The fourth-order valence-electron chi connectivity index (χ4n) is 15.7. The Bertz CT molecular complexity index is 1320. The Morgan fingerprint density at radius 3 is 2.36 bits per heavy atom. The van der Waals surface area contributed by atoms with E-state index in [2.05, 4.69) is 44.4 Å². The van der Waals surface area contributed by atoms with Gasteiger partial charge in [0.1, 0.15) is 6.10 Å². The second-order valence-electron chi connectivity index (χ2n) is 21.1. The van der Waals surface area contributed by atoms with E-state index in [4.69, 9.17) is 23.7 Å². The van der Waals surface area contributed by atoms with Gasteiger partial charge in [-0.15, -0.1) is 0 Å². The highest BCUT2D eigenvalue weighted by Gasteiger charge is 2.84. The Morgan fingerprint density at radius 2 is 1.66 bits per heavy atom. The van der Waals surface area contributed by atoms with Crippen molar-refractivity contribution in [3.8, 4) is 0 Å². The van der Waals surface area contributed by atoms with Gasteiger partial charge in [-0.2, -0.15) is 0 Å². The van der Waals surface area contributed by atoms with Gasteiger partial charge in [0.25, 0.3) is 0 Å². The highest BCUT2D eigenvalue weighted by Crippen LogP contribution is 2.89.